The Balaban J connectivity index is 1.13. The molecule has 12 rings (SSSR count). The molecule has 61 heavy (non-hydrogen) atoms. The van der Waals surface area contributed by atoms with Crippen LogP contribution in [0, 0.1) is 0 Å². The monoisotopic (exact) mass is 785 g/mol. The highest BCUT2D eigenvalue weighted by Gasteiger charge is 2.35. The van der Waals surface area contributed by atoms with Gasteiger partial charge in [0.2, 0.25) is 5.43 Å². The highest BCUT2D eigenvalue weighted by Crippen LogP contribution is 2.58. The Kier molecular flexibility index (Phi) is 7.90. The zero-order valence-corrected chi connectivity index (χ0v) is 32.8. The summed E-state index contributed by atoms with van der Waals surface area (Å²) in [6.07, 6.45) is 0. The van der Waals surface area contributed by atoms with Gasteiger partial charge in [0.25, 0.3) is 0 Å². The Morgan fingerprint density at radius 1 is 0.377 bits per heavy atom. The van der Waals surface area contributed by atoms with E-state index in [4.69, 9.17) is 8.83 Å². The van der Waals surface area contributed by atoms with Crippen LogP contribution < -0.4 is 20.1 Å². The van der Waals surface area contributed by atoms with Crippen LogP contribution in [0.4, 0.5) is 51.2 Å². The van der Waals surface area contributed by atoms with Crippen molar-refractivity contribution in [1.82, 2.24) is 0 Å². The Hall–Kier alpha value is -8.35. The molecule has 0 atom stereocenters. The van der Waals surface area contributed by atoms with Gasteiger partial charge in [0.15, 0.2) is 5.58 Å². The minimum atomic E-state index is -0.0436. The first-order chi connectivity index (χ1) is 30.2. The summed E-state index contributed by atoms with van der Waals surface area (Å²) in [6.45, 7) is 0. The zero-order chi connectivity index (χ0) is 40.4. The van der Waals surface area contributed by atoms with E-state index in [0.29, 0.717) is 21.9 Å². The average molecular weight is 786 g/mol. The number of nitrogens with zero attached hydrogens (tertiary/aromatic N) is 3. The third-order valence-electron chi connectivity index (χ3n) is 11.7. The molecule has 288 valence electrons. The van der Waals surface area contributed by atoms with Gasteiger partial charge in [-0.3, -0.25) is 4.79 Å². The quantitative estimate of drug-likeness (QED) is 0.157. The number of anilines is 9. The average Bonchev–Trinajstić information content (AvgIpc) is 3.71. The smallest absolute Gasteiger partial charge is 0.200 e. The molecule has 0 unspecified atom stereocenters. The highest BCUT2D eigenvalue weighted by molar-refractivity contribution is 6.17. The molecule has 0 spiro atoms. The number of benzene rings is 9. The van der Waals surface area contributed by atoms with E-state index in [1.54, 1.807) is 0 Å². The normalized spacial score (nSPS) is 12.3. The van der Waals surface area contributed by atoms with Gasteiger partial charge in [-0.1, -0.05) is 109 Å². The van der Waals surface area contributed by atoms with Gasteiger partial charge < -0.3 is 23.5 Å². The fraction of sp³-hybridized carbons (Fsp3) is 0. The molecule has 6 heteroatoms. The molecule has 2 aromatic heterocycles. The molecule has 0 saturated heterocycles. The van der Waals surface area contributed by atoms with E-state index in [1.807, 2.05) is 66.7 Å². The van der Waals surface area contributed by atoms with Gasteiger partial charge in [0, 0.05) is 44.8 Å². The third-order valence-corrected chi connectivity index (χ3v) is 11.7. The van der Waals surface area contributed by atoms with Crippen molar-refractivity contribution in [3.63, 3.8) is 0 Å². The molecule has 0 aliphatic carbocycles. The molecule has 0 radical (unpaired) electrons. The largest absolute Gasteiger partial charge is 0.455 e. The van der Waals surface area contributed by atoms with E-state index >= 15 is 0 Å². The molecule has 0 amide bonds. The molecule has 6 nitrogen and oxygen atoms in total. The minimum Gasteiger partial charge on any atom is -0.455 e. The summed E-state index contributed by atoms with van der Waals surface area (Å²) in [4.78, 5) is 20.7. The molecular formula is C55H35N3O3. The Morgan fingerprint density at radius 2 is 0.967 bits per heavy atom. The Labute approximate surface area is 351 Å². The van der Waals surface area contributed by atoms with Crippen molar-refractivity contribution in [2.75, 3.05) is 14.7 Å². The summed E-state index contributed by atoms with van der Waals surface area (Å²) in [7, 11) is 0. The molecule has 0 saturated carbocycles. The van der Waals surface area contributed by atoms with Gasteiger partial charge in [-0.2, -0.15) is 0 Å². The zero-order valence-electron chi connectivity index (χ0n) is 32.8. The van der Waals surface area contributed by atoms with Crippen molar-refractivity contribution in [3.8, 4) is 11.1 Å². The van der Waals surface area contributed by atoms with E-state index < -0.39 is 0 Å². The Bertz CT molecular complexity index is 3490. The third kappa shape index (κ3) is 5.54. The summed E-state index contributed by atoms with van der Waals surface area (Å²) < 4.78 is 13.4. The maximum Gasteiger partial charge on any atom is 0.200 e. The first kappa shape index (κ1) is 34.7. The van der Waals surface area contributed by atoms with Crippen LogP contribution in [0.1, 0.15) is 0 Å². The van der Waals surface area contributed by atoms with Crippen molar-refractivity contribution in [2.24, 2.45) is 0 Å². The number of para-hydroxylation sites is 6. The van der Waals surface area contributed by atoms with Gasteiger partial charge in [-0.15, -0.1) is 0 Å². The Morgan fingerprint density at radius 3 is 1.72 bits per heavy atom. The molecule has 11 aromatic rings. The SMILES string of the molecule is O=c1c2ccccc2oc2c(-c3cccc(N4c5ccc(N(c6ccccc6)c6ccccc6)cc5N(c5ccccc5)c5ccc6c(oc7ccccc76)c54)c3)cccc12. The lowest BCUT2D eigenvalue weighted by Crippen LogP contribution is -2.24. The predicted molar refractivity (Wildman–Crippen MR) is 250 cm³/mol. The van der Waals surface area contributed by atoms with E-state index in [-0.39, 0.29) is 5.43 Å². The van der Waals surface area contributed by atoms with Gasteiger partial charge in [0.05, 0.1) is 27.8 Å². The second-order valence-corrected chi connectivity index (χ2v) is 15.3. The van der Waals surface area contributed by atoms with Crippen LogP contribution in [0.2, 0.25) is 0 Å². The fourth-order valence-electron chi connectivity index (χ4n) is 9.02. The maximum atomic E-state index is 13.8. The summed E-state index contributed by atoms with van der Waals surface area (Å²) in [5.74, 6) is 0. The first-order valence-electron chi connectivity index (χ1n) is 20.4. The minimum absolute atomic E-state index is 0.0436. The van der Waals surface area contributed by atoms with Crippen LogP contribution in [-0.4, -0.2) is 0 Å². The maximum absolute atomic E-state index is 13.8. The van der Waals surface area contributed by atoms with Crippen molar-refractivity contribution in [3.05, 3.63) is 223 Å². The number of hydrogen-bond acceptors (Lipinski definition) is 6. The second-order valence-electron chi connectivity index (χ2n) is 15.3. The lowest BCUT2D eigenvalue weighted by molar-refractivity contribution is 0.661. The fourth-order valence-corrected chi connectivity index (χ4v) is 9.02. The van der Waals surface area contributed by atoms with Crippen molar-refractivity contribution >= 4 is 95.1 Å². The van der Waals surface area contributed by atoms with Crippen LogP contribution in [-0.2, 0) is 0 Å². The lowest BCUT2D eigenvalue weighted by Gasteiger charge is -2.41. The topological polar surface area (TPSA) is 53.1 Å². The molecule has 1 aliphatic heterocycles. The summed E-state index contributed by atoms with van der Waals surface area (Å²) in [5, 5.41) is 3.20. The molecule has 0 N–H and O–H groups in total. The van der Waals surface area contributed by atoms with Gasteiger partial charge >= 0.3 is 0 Å². The number of furan rings is 1. The van der Waals surface area contributed by atoms with Crippen LogP contribution in [0.3, 0.4) is 0 Å². The molecule has 3 heterocycles. The molecule has 0 fully saturated rings. The van der Waals surface area contributed by atoms with Crippen LogP contribution in [0.5, 0.6) is 0 Å². The van der Waals surface area contributed by atoms with Crippen molar-refractivity contribution in [1.29, 1.82) is 0 Å². The first-order valence-corrected chi connectivity index (χ1v) is 20.4. The standard InChI is InChI=1S/C55H35N3O3/c59-53-45-25-11-13-29-51(45)60-54-42(26-15-27-46(53)54)36-16-14-23-40(34-36)58-47-32-30-41(56(37-17-4-1-5-18-37)38-19-6-2-7-20-38)35-49(47)57(39-21-8-3-9-22-39)48-33-31-44-43-24-10-12-28-50(43)61-55(44)52(48)58/h1-35H. The number of hydrogen-bond donors (Lipinski definition) is 0. The van der Waals surface area contributed by atoms with Crippen molar-refractivity contribution in [2.45, 2.75) is 0 Å². The van der Waals surface area contributed by atoms with Gasteiger partial charge in [-0.25, -0.2) is 0 Å². The van der Waals surface area contributed by atoms with E-state index in [9.17, 15) is 4.79 Å². The van der Waals surface area contributed by atoms with Crippen LogP contribution in [0.15, 0.2) is 226 Å². The van der Waals surface area contributed by atoms with E-state index in [1.165, 1.54) is 0 Å². The predicted octanol–water partition coefficient (Wildman–Crippen LogP) is 15.2. The lowest BCUT2D eigenvalue weighted by atomic mass is 9.99. The molecule has 1 aliphatic rings. The van der Waals surface area contributed by atoms with Gasteiger partial charge in [0.1, 0.15) is 22.4 Å². The van der Waals surface area contributed by atoms with Crippen LogP contribution in [0.25, 0.3) is 55.0 Å². The van der Waals surface area contributed by atoms with E-state index in [2.05, 4.69) is 160 Å². The number of fused-ring (bicyclic) bond motifs is 8. The van der Waals surface area contributed by atoms with E-state index in [0.717, 1.165) is 84.3 Å². The summed E-state index contributed by atoms with van der Waals surface area (Å²) in [5.41, 5.74) is 13.4. The summed E-state index contributed by atoms with van der Waals surface area (Å²) in [6, 6.07) is 72.6. The number of rotatable bonds is 6. The molecule has 9 aromatic carbocycles. The summed E-state index contributed by atoms with van der Waals surface area (Å²) >= 11 is 0. The second kappa shape index (κ2) is 13.9. The molecule has 0 bridgehead atoms. The van der Waals surface area contributed by atoms with Gasteiger partial charge in [-0.05, 0) is 109 Å². The van der Waals surface area contributed by atoms with Crippen LogP contribution >= 0.6 is 0 Å². The molecular weight excluding hydrogens is 751 g/mol. The van der Waals surface area contributed by atoms with Crippen molar-refractivity contribution < 1.29 is 8.83 Å². The highest BCUT2D eigenvalue weighted by atomic mass is 16.3.